The van der Waals surface area contributed by atoms with E-state index in [0.29, 0.717) is 0 Å². The summed E-state index contributed by atoms with van der Waals surface area (Å²) in [6, 6.07) is 8.33. The molecule has 0 radical (unpaired) electrons. The zero-order chi connectivity index (χ0) is 13.2. The van der Waals surface area contributed by atoms with Crippen LogP contribution in [0, 0.1) is 0 Å². The second-order valence-electron chi connectivity index (χ2n) is 4.57. The number of aryl methyl sites for hydroxylation is 1. The van der Waals surface area contributed by atoms with Gasteiger partial charge >= 0.3 is 0 Å². The van der Waals surface area contributed by atoms with Crippen LogP contribution in [0.5, 0.6) is 0 Å². The fourth-order valence-corrected chi connectivity index (χ4v) is 2.45. The molecule has 4 heteroatoms. The van der Waals surface area contributed by atoms with Crippen molar-refractivity contribution in [3.05, 3.63) is 60.4 Å². The Morgan fingerprint density at radius 2 is 2.05 bits per heavy atom. The van der Waals surface area contributed by atoms with Gasteiger partial charge in [0, 0.05) is 42.8 Å². The average Bonchev–Trinajstić information content (AvgIpc) is 2.86. The molecule has 0 aliphatic heterocycles. The van der Waals surface area contributed by atoms with E-state index in [0.717, 1.165) is 16.8 Å². The monoisotopic (exact) mass is 252 g/mol. The Hall–Kier alpha value is -2.20. The van der Waals surface area contributed by atoms with Crippen LogP contribution in [0.25, 0.3) is 10.8 Å². The van der Waals surface area contributed by atoms with Crippen LogP contribution in [0.15, 0.2) is 49.1 Å². The largest absolute Gasteiger partial charge is 0.336 e. The Kier molecular flexibility index (Phi) is 3.01. The average molecular weight is 252 g/mol. The van der Waals surface area contributed by atoms with Gasteiger partial charge in [-0.1, -0.05) is 24.3 Å². The van der Waals surface area contributed by atoms with Crippen molar-refractivity contribution in [1.82, 2.24) is 19.9 Å². The highest BCUT2D eigenvalue weighted by molar-refractivity contribution is 5.85. The molecule has 0 bridgehead atoms. The van der Waals surface area contributed by atoms with E-state index in [1.165, 1.54) is 5.39 Å². The van der Waals surface area contributed by atoms with E-state index in [1.54, 1.807) is 0 Å². The first-order valence-corrected chi connectivity index (χ1v) is 6.28. The number of imidazole rings is 1. The number of hydrogen-bond donors (Lipinski definition) is 1. The maximum atomic E-state index is 4.44. The lowest BCUT2D eigenvalue weighted by Gasteiger charge is -2.18. The molecule has 0 aliphatic carbocycles. The van der Waals surface area contributed by atoms with Crippen molar-refractivity contribution >= 4 is 10.8 Å². The van der Waals surface area contributed by atoms with Gasteiger partial charge in [-0.05, 0) is 12.4 Å². The maximum Gasteiger partial charge on any atom is 0.130 e. The zero-order valence-corrected chi connectivity index (χ0v) is 11.0. The predicted molar refractivity (Wildman–Crippen MR) is 75.9 cm³/mol. The fraction of sp³-hybridized carbons (Fsp3) is 0.200. The number of nitrogens with zero attached hydrogens (tertiary/aromatic N) is 3. The van der Waals surface area contributed by atoms with Crippen LogP contribution in [0.4, 0.5) is 0 Å². The summed E-state index contributed by atoms with van der Waals surface area (Å²) in [4.78, 5) is 8.79. The molecule has 0 saturated carbocycles. The van der Waals surface area contributed by atoms with Gasteiger partial charge in [-0.2, -0.15) is 0 Å². The number of hydrogen-bond acceptors (Lipinski definition) is 3. The predicted octanol–water partition coefficient (Wildman–Crippen LogP) is 2.28. The highest BCUT2D eigenvalue weighted by atomic mass is 15.1. The summed E-state index contributed by atoms with van der Waals surface area (Å²) in [5, 5.41) is 5.69. The first-order valence-electron chi connectivity index (χ1n) is 6.28. The second-order valence-corrected chi connectivity index (χ2v) is 4.57. The topological polar surface area (TPSA) is 42.7 Å². The molecular formula is C15H16N4. The molecule has 0 amide bonds. The molecular weight excluding hydrogens is 236 g/mol. The van der Waals surface area contributed by atoms with Gasteiger partial charge in [0.15, 0.2) is 0 Å². The smallest absolute Gasteiger partial charge is 0.130 e. The number of nitrogens with one attached hydrogen (secondary N) is 1. The van der Waals surface area contributed by atoms with Gasteiger partial charge in [-0.25, -0.2) is 4.98 Å². The van der Waals surface area contributed by atoms with Crippen molar-refractivity contribution in [3.63, 3.8) is 0 Å². The summed E-state index contributed by atoms with van der Waals surface area (Å²) in [6.45, 7) is 0. The Morgan fingerprint density at radius 3 is 2.79 bits per heavy atom. The lowest BCUT2D eigenvalue weighted by atomic mass is 10.0. The fourth-order valence-electron chi connectivity index (χ4n) is 2.45. The van der Waals surface area contributed by atoms with Crippen LogP contribution >= 0.6 is 0 Å². The minimum absolute atomic E-state index is 0.0404. The van der Waals surface area contributed by atoms with Crippen molar-refractivity contribution in [2.45, 2.75) is 6.04 Å². The molecule has 0 saturated heterocycles. The summed E-state index contributed by atoms with van der Waals surface area (Å²) < 4.78 is 2.03. The summed E-state index contributed by atoms with van der Waals surface area (Å²) in [5.74, 6) is 0.987. The molecule has 2 heterocycles. The first kappa shape index (κ1) is 11.9. The molecule has 0 aliphatic rings. The van der Waals surface area contributed by atoms with Crippen LogP contribution in [0.1, 0.15) is 17.4 Å². The first-order chi connectivity index (χ1) is 9.31. The normalized spacial score (nSPS) is 12.7. The molecule has 19 heavy (non-hydrogen) atoms. The third kappa shape index (κ3) is 2.00. The molecule has 0 fully saturated rings. The lowest BCUT2D eigenvalue weighted by molar-refractivity contribution is 0.619. The van der Waals surface area contributed by atoms with E-state index in [9.17, 15) is 0 Å². The Balaban J connectivity index is 2.20. The minimum Gasteiger partial charge on any atom is -0.336 e. The minimum atomic E-state index is 0.0404. The van der Waals surface area contributed by atoms with Crippen LogP contribution in [-0.4, -0.2) is 21.6 Å². The molecule has 1 atom stereocenters. The molecule has 96 valence electrons. The summed E-state index contributed by atoms with van der Waals surface area (Å²) >= 11 is 0. The number of benzene rings is 1. The number of rotatable bonds is 3. The lowest BCUT2D eigenvalue weighted by Crippen LogP contribution is -2.21. The SMILES string of the molecule is CNC(c1cncc2ccccc12)c1nccn1C. The molecule has 3 aromatic rings. The summed E-state index contributed by atoms with van der Waals surface area (Å²) in [7, 11) is 3.95. The third-order valence-electron chi connectivity index (χ3n) is 3.42. The highest BCUT2D eigenvalue weighted by Gasteiger charge is 2.18. The van der Waals surface area contributed by atoms with Crippen LogP contribution in [-0.2, 0) is 7.05 Å². The quantitative estimate of drug-likeness (QED) is 0.777. The number of pyridine rings is 1. The van der Waals surface area contributed by atoms with Crippen molar-refractivity contribution < 1.29 is 0 Å². The molecule has 0 spiro atoms. The van der Waals surface area contributed by atoms with E-state index in [1.807, 2.05) is 49.5 Å². The van der Waals surface area contributed by atoms with Gasteiger partial charge in [0.2, 0.25) is 0 Å². The van der Waals surface area contributed by atoms with Gasteiger partial charge in [0.05, 0.1) is 6.04 Å². The van der Waals surface area contributed by atoms with Crippen LogP contribution in [0.3, 0.4) is 0 Å². The van der Waals surface area contributed by atoms with Gasteiger partial charge in [-0.15, -0.1) is 0 Å². The van der Waals surface area contributed by atoms with E-state index >= 15 is 0 Å². The summed E-state index contributed by atoms with van der Waals surface area (Å²) in [6.07, 6.45) is 7.58. The second kappa shape index (κ2) is 4.82. The molecule has 2 aromatic heterocycles. The van der Waals surface area contributed by atoms with Crippen molar-refractivity contribution in [3.8, 4) is 0 Å². The number of aromatic nitrogens is 3. The molecule has 3 rings (SSSR count). The van der Waals surface area contributed by atoms with E-state index in [-0.39, 0.29) is 6.04 Å². The molecule has 1 N–H and O–H groups in total. The number of fused-ring (bicyclic) bond motifs is 1. The van der Waals surface area contributed by atoms with E-state index in [2.05, 4.69) is 33.5 Å². The van der Waals surface area contributed by atoms with E-state index < -0.39 is 0 Å². The van der Waals surface area contributed by atoms with Gasteiger partial charge in [0.1, 0.15) is 5.82 Å². The molecule has 1 aromatic carbocycles. The Morgan fingerprint density at radius 1 is 1.21 bits per heavy atom. The van der Waals surface area contributed by atoms with E-state index in [4.69, 9.17) is 0 Å². The zero-order valence-electron chi connectivity index (χ0n) is 11.0. The Labute approximate surface area is 112 Å². The standard InChI is InChI=1S/C15H16N4/c1-16-14(15-18-7-8-19(15)2)13-10-17-9-11-5-3-4-6-12(11)13/h3-10,14,16H,1-2H3. The Bertz CT molecular complexity index is 697. The molecule has 4 nitrogen and oxygen atoms in total. The van der Waals surface area contributed by atoms with Gasteiger partial charge in [-0.3, -0.25) is 4.98 Å². The van der Waals surface area contributed by atoms with Crippen LogP contribution < -0.4 is 5.32 Å². The van der Waals surface area contributed by atoms with Gasteiger partial charge < -0.3 is 9.88 Å². The van der Waals surface area contributed by atoms with Gasteiger partial charge in [0.25, 0.3) is 0 Å². The molecule has 1 unspecified atom stereocenters. The van der Waals surface area contributed by atoms with Crippen molar-refractivity contribution in [2.75, 3.05) is 7.05 Å². The summed E-state index contributed by atoms with van der Waals surface area (Å²) in [5.41, 5.74) is 1.15. The van der Waals surface area contributed by atoms with Crippen molar-refractivity contribution in [1.29, 1.82) is 0 Å². The third-order valence-corrected chi connectivity index (χ3v) is 3.42. The van der Waals surface area contributed by atoms with Crippen molar-refractivity contribution in [2.24, 2.45) is 7.05 Å². The highest BCUT2D eigenvalue weighted by Crippen LogP contribution is 2.26. The van der Waals surface area contributed by atoms with Crippen LogP contribution in [0.2, 0.25) is 0 Å². The maximum absolute atomic E-state index is 4.44.